The average Bonchev–Trinajstić information content (AvgIpc) is 2.19. The second-order valence-electron chi connectivity index (χ2n) is 3.29. The van der Waals surface area contributed by atoms with Crippen LogP contribution in [0.15, 0.2) is 30.3 Å². The molecule has 0 aliphatic heterocycles. The first-order chi connectivity index (χ1) is 6.58. The Morgan fingerprint density at radius 1 is 1.43 bits per heavy atom. The van der Waals surface area contributed by atoms with Gasteiger partial charge in [-0.15, -0.1) is 0 Å². The number of carboxylic acids is 1. The molecule has 76 valence electrons. The third-order valence-electron chi connectivity index (χ3n) is 2.27. The SMILES string of the molecule is CCC(Br)(Cc1ccccc1)C(=O)O. The Balaban J connectivity index is 2.81. The summed E-state index contributed by atoms with van der Waals surface area (Å²) in [7, 11) is 0. The highest BCUT2D eigenvalue weighted by Gasteiger charge is 2.33. The molecule has 0 fully saturated rings. The molecule has 0 amide bonds. The Bertz CT molecular complexity index is 310. The van der Waals surface area contributed by atoms with Crippen LogP contribution in [0.4, 0.5) is 0 Å². The van der Waals surface area contributed by atoms with Crippen molar-refractivity contribution in [1.82, 2.24) is 0 Å². The van der Waals surface area contributed by atoms with Crippen LogP contribution in [-0.4, -0.2) is 15.4 Å². The molecule has 1 aromatic carbocycles. The number of benzene rings is 1. The van der Waals surface area contributed by atoms with Crippen molar-refractivity contribution in [2.24, 2.45) is 0 Å². The largest absolute Gasteiger partial charge is 0.480 e. The van der Waals surface area contributed by atoms with Crippen LogP contribution in [0.2, 0.25) is 0 Å². The van der Waals surface area contributed by atoms with E-state index in [1.54, 1.807) is 0 Å². The number of halogens is 1. The van der Waals surface area contributed by atoms with E-state index in [9.17, 15) is 4.79 Å². The molecular formula is C11H13BrO2. The second-order valence-corrected chi connectivity index (χ2v) is 4.80. The zero-order valence-corrected chi connectivity index (χ0v) is 9.62. The van der Waals surface area contributed by atoms with Gasteiger partial charge in [-0.05, 0) is 18.4 Å². The lowest BCUT2D eigenvalue weighted by Crippen LogP contribution is -2.33. The molecule has 1 unspecified atom stereocenters. The van der Waals surface area contributed by atoms with E-state index < -0.39 is 10.3 Å². The number of rotatable bonds is 4. The lowest BCUT2D eigenvalue weighted by Gasteiger charge is -2.20. The zero-order valence-electron chi connectivity index (χ0n) is 8.03. The molecule has 1 aromatic rings. The minimum atomic E-state index is -0.825. The van der Waals surface area contributed by atoms with Crippen LogP contribution in [0, 0.1) is 0 Å². The summed E-state index contributed by atoms with van der Waals surface area (Å²) in [6, 6.07) is 9.63. The van der Waals surface area contributed by atoms with E-state index in [1.165, 1.54) is 0 Å². The Labute approximate surface area is 92.1 Å². The van der Waals surface area contributed by atoms with E-state index in [-0.39, 0.29) is 0 Å². The van der Waals surface area contributed by atoms with Crippen LogP contribution in [0.5, 0.6) is 0 Å². The van der Waals surface area contributed by atoms with Crippen molar-refractivity contribution in [1.29, 1.82) is 0 Å². The fourth-order valence-electron chi connectivity index (χ4n) is 1.27. The van der Waals surface area contributed by atoms with Crippen molar-refractivity contribution >= 4 is 21.9 Å². The van der Waals surface area contributed by atoms with Gasteiger partial charge < -0.3 is 5.11 Å². The molecule has 0 saturated heterocycles. The number of aliphatic carboxylic acids is 1. The highest BCUT2D eigenvalue weighted by molar-refractivity contribution is 9.10. The summed E-state index contributed by atoms with van der Waals surface area (Å²) in [5.41, 5.74) is 1.04. The summed E-state index contributed by atoms with van der Waals surface area (Å²) in [5, 5.41) is 9.05. The standard InChI is InChI=1S/C11H13BrO2/c1-2-11(12,10(13)14)8-9-6-4-3-5-7-9/h3-7H,2,8H2,1H3,(H,13,14). The van der Waals surface area contributed by atoms with Crippen LogP contribution < -0.4 is 0 Å². The fourth-order valence-corrected chi connectivity index (χ4v) is 1.59. The third-order valence-corrected chi connectivity index (χ3v) is 3.45. The van der Waals surface area contributed by atoms with Gasteiger partial charge in [0, 0.05) is 0 Å². The predicted octanol–water partition coefficient (Wildman–Crippen LogP) is 2.86. The van der Waals surface area contributed by atoms with Crippen molar-refractivity contribution < 1.29 is 9.90 Å². The molecule has 0 aliphatic rings. The van der Waals surface area contributed by atoms with Gasteiger partial charge in [-0.25, -0.2) is 0 Å². The van der Waals surface area contributed by atoms with Gasteiger partial charge in [0.1, 0.15) is 4.32 Å². The first kappa shape index (κ1) is 11.2. The van der Waals surface area contributed by atoms with Gasteiger partial charge in [0.2, 0.25) is 0 Å². The van der Waals surface area contributed by atoms with Crippen molar-refractivity contribution in [3.63, 3.8) is 0 Å². The lowest BCUT2D eigenvalue weighted by atomic mass is 9.97. The van der Waals surface area contributed by atoms with E-state index in [2.05, 4.69) is 15.9 Å². The Morgan fingerprint density at radius 2 is 2.00 bits per heavy atom. The normalized spacial score (nSPS) is 14.7. The summed E-state index contributed by atoms with van der Waals surface area (Å²) in [6.45, 7) is 1.87. The van der Waals surface area contributed by atoms with E-state index in [0.717, 1.165) is 5.56 Å². The zero-order chi connectivity index (χ0) is 10.6. The molecule has 0 spiro atoms. The summed E-state index contributed by atoms with van der Waals surface area (Å²) < 4.78 is -0.825. The average molecular weight is 257 g/mol. The summed E-state index contributed by atoms with van der Waals surface area (Å²) in [6.07, 6.45) is 1.08. The molecule has 1 rings (SSSR count). The highest BCUT2D eigenvalue weighted by Crippen LogP contribution is 2.27. The van der Waals surface area contributed by atoms with Crippen LogP contribution in [0.25, 0.3) is 0 Å². The molecule has 0 aliphatic carbocycles. The number of carboxylic acid groups (broad SMARTS) is 1. The van der Waals surface area contributed by atoms with Crippen LogP contribution >= 0.6 is 15.9 Å². The predicted molar refractivity (Wildman–Crippen MR) is 59.7 cm³/mol. The maximum Gasteiger partial charge on any atom is 0.320 e. The third kappa shape index (κ3) is 2.58. The monoisotopic (exact) mass is 256 g/mol. The first-order valence-electron chi connectivity index (χ1n) is 4.55. The van der Waals surface area contributed by atoms with Crippen LogP contribution in [0.3, 0.4) is 0 Å². The Kier molecular flexibility index (Phi) is 3.69. The molecule has 0 radical (unpaired) electrons. The molecule has 14 heavy (non-hydrogen) atoms. The molecule has 1 N–H and O–H groups in total. The van der Waals surface area contributed by atoms with E-state index in [1.807, 2.05) is 37.3 Å². The molecule has 2 nitrogen and oxygen atoms in total. The van der Waals surface area contributed by atoms with Gasteiger partial charge in [-0.1, -0.05) is 53.2 Å². The second kappa shape index (κ2) is 4.60. The van der Waals surface area contributed by atoms with Crippen molar-refractivity contribution in [3.8, 4) is 0 Å². The molecular weight excluding hydrogens is 244 g/mol. The Hall–Kier alpha value is -0.830. The van der Waals surface area contributed by atoms with Crippen molar-refractivity contribution in [2.75, 3.05) is 0 Å². The van der Waals surface area contributed by atoms with Crippen molar-refractivity contribution in [3.05, 3.63) is 35.9 Å². The van der Waals surface area contributed by atoms with Gasteiger partial charge in [0.25, 0.3) is 0 Å². The molecule has 0 bridgehead atoms. The summed E-state index contributed by atoms with van der Waals surface area (Å²) in [4.78, 5) is 11.0. The summed E-state index contributed by atoms with van der Waals surface area (Å²) in [5.74, 6) is -0.802. The first-order valence-corrected chi connectivity index (χ1v) is 5.34. The molecule has 3 heteroatoms. The smallest absolute Gasteiger partial charge is 0.320 e. The number of carbonyl (C=O) groups is 1. The van der Waals surface area contributed by atoms with Gasteiger partial charge >= 0.3 is 5.97 Å². The number of hydrogen-bond donors (Lipinski definition) is 1. The maximum atomic E-state index is 11.0. The number of alkyl halides is 1. The van der Waals surface area contributed by atoms with Gasteiger partial charge in [0.05, 0.1) is 0 Å². The maximum absolute atomic E-state index is 11.0. The van der Waals surface area contributed by atoms with E-state index in [4.69, 9.17) is 5.11 Å². The highest BCUT2D eigenvalue weighted by atomic mass is 79.9. The number of hydrogen-bond acceptors (Lipinski definition) is 1. The van der Waals surface area contributed by atoms with E-state index >= 15 is 0 Å². The van der Waals surface area contributed by atoms with Crippen molar-refractivity contribution in [2.45, 2.75) is 24.1 Å². The summed E-state index contributed by atoms with van der Waals surface area (Å²) >= 11 is 3.29. The molecule has 0 heterocycles. The minimum Gasteiger partial charge on any atom is -0.480 e. The lowest BCUT2D eigenvalue weighted by molar-refractivity contribution is -0.139. The quantitative estimate of drug-likeness (QED) is 0.842. The van der Waals surface area contributed by atoms with Gasteiger partial charge in [-0.2, -0.15) is 0 Å². The van der Waals surface area contributed by atoms with Crippen LogP contribution in [0.1, 0.15) is 18.9 Å². The Morgan fingerprint density at radius 3 is 2.43 bits per heavy atom. The van der Waals surface area contributed by atoms with Gasteiger partial charge in [-0.3, -0.25) is 4.79 Å². The minimum absolute atomic E-state index is 0.514. The molecule has 1 atom stereocenters. The fraction of sp³-hybridized carbons (Fsp3) is 0.364. The topological polar surface area (TPSA) is 37.3 Å². The van der Waals surface area contributed by atoms with Gasteiger partial charge in [0.15, 0.2) is 0 Å². The molecule has 0 saturated carbocycles. The van der Waals surface area contributed by atoms with E-state index in [0.29, 0.717) is 12.8 Å². The molecule has 0 aromatic heterocycles. The van der Waals surface area contributed by atoms with Crippen LogP contribution in [-0.2, 0) is 11.2 Å².